The van der Waals surface area contributed by atoms with Gasteiger partial charge < -0.3 is 15.5 Å². The molecule has 0 radical (unpaired) electrons. The van der Waals surface area contributed by atoms with Gasteiger partial charge in [-0.2, -0.15) is 0 Å². The van der Waals surface area contributed by atoms with Crippen LogP contribution in [-0.2, 0) is 6.54 Å². The van der Waals surface area contributed by atoms with Crippen molar-refractivity contribution in [1.29, 1.82) is 0 Å². The van der Waals surface area contributed by atoms with Crippen molar-refractivity contribution in [3.63, 3.8) is 0 Å². The van der Waals surface area contributed by atoms with E-state index in [0.717, 1.165) is 12.2 Å². The molecule has 2 rings (SSSR count). The van der Waals surface area contributed by atoms with Gasteiger partial charge >= 0.3 is 0 Å². The van der Waals surface area contributed by atoms with Gasteiger partial charge in [0.1, 0.15) is 5.82 Å². The Kier molecular flexibility index (Phi) is 4.11. The molecule has 0 bridgehead atoms. The molecule has 1 aliphatic carbocycles. The van der Waals surface area contributed by atoms with E-state index < -0.39 is 0 Å². The van der Waals surface area contributed by atoms with Gasteiger partial charge in [-0.3, -0.25) is 0 Å². The molecule has 1 saturated carbocycles. The van der Waals surface area contributed by atoms with Gasteiger partial charge in [0.2, 0.25) is 0 Å². The van der Waals surface area contributed by atoms with Crippen molar-refractivity contribution >= 4 is 5.69 Å². The van der Waals surface area contributed by atoms with Gasteiger partial charge in [-0.05, 0) is 45.5 Å². The number of rotatable bonds is 5. The molecule has 19 heavy (non-hydrogen) atoms. The lowest BCUT2D eigenvalue weighted by atomic mass is 9.75. The van der Waals surface area contributed by atoms with Crippen LogP contribution in [0.25, 0.3) is 0 Å². The van der Waals surface area contributed by atoms with E-state index in [2.05, 4.69) is 23.9 Å². The number of hydrogen-bond donors (Lipinski definition) is 1. The number of benzene rings is 1. The standard InChI is InChI=1S/C15H24FN3/c1-18(2)15(7-4-8-15)11-19(3)13-6-5-12(10-17)14(16)9-13/h5-6,9H,4,7-8,10-11,17H2,1-3H3. The minimum Gasteiger partial charge on any atom is -0.373 e. The van der Waals surface area contributed by atoms with Gasteiger partial charge in [0.05, 0.1) is 0 Å². The summed E-state index contributed by atoms with van der Waals surface area (Å²) in [6.07, 6.45) is 3.72. The summed E-state index contributed by atoms with van der Waals surface area (Å²) in [6, 6.07) is 5.32. The van der Waals surface area contributed by atoms with Crippen LogP contribution in [0, 0.1) is 5.82 Å². The fourth-order valence-corrected chi connectivity index (χ4v) is 2.80. The van der Waals surface area contributed by atoms with E-state index in [0.29, 0.717) is 5.56 Å². The predicted molar refractivity (Wildman–Crippen MR) is 77.8 cm³/mol. The number of nitrogens with zero attached hydrogens (tertiary/aromatic N) is 2. The maximum absolute atomic E-state index is 13.8. The van der Waals surface area contributed by atoms with E-state index in [-0.39, 0.29) is 17.9 Å². The molecule has 2 N–H and O–H groups in total. The summed E-state index contributed by atoms with van der Waals surface area (Å²) in [6.45, 7) is 1.18. The van der Waals surface area contributed by atoms with E-state index in [1.807, 2.05) is 13.1 Å². The smallest absolute Gasteiger partial charge is 0.129 e. The molecule has 0 aromatic heterocycles. The Hall–Kier alpha value is -1.13. The zero-order valence-electron chi connectivity index (χ0n) is 12.1. The molecule has 0 heterocycles. The molecule has 0 atom stereocenters. The van der Waals surface area contributed by atoms with E-state index in [9.17, 15) is 4.39 Å². The van der Waals surface area contributed by atoms with Gasteiger partial charge in [0, 0.05) is 36.9 Å². The van der Waals surface area contributed by atoms with Crippen molar-refractivity contribution in [2.45, 2.75) is 31.3 Å². The highest BCUT2D eigenvalue weighted by atomic mass is 19.1. The molecule has 0 saturated heterocycles. The topological polar surface area (TPSA) is 32.5 Å². The average Bonchev–Trinajstić information content (AvgIpc) is 2.32. The molecule has 0 unspecified atom stereocenters. The molecule has 1 aromatic rings. The third kappa shape index (κ3) is 2.74. The third-order valence-corrected chi connectivity index (χ3v) is 4.46. The van der Waals surface area contributed by atoms with Crippen LogP contribution < -0.4 is 10.6 Å². The van der Waals surface area contributed by atoms with E-state index in [4.69, 9.17) is 5.73 Å². The number of nitrogens with two attached hydrogens (primary N) is 1. The first-order valence-corrected chi connectivity index (χ1v) is 6.85. The quantitative estimate of drug-likeness (QED) is 0.886. The van der Waals surface area contributed by atoms with E-state index in [1.165, 1.54) is 19.3 Å². The molecule has 1 aliphatic rings. The zero-order valence-corrected chi connectivity index (χ0v) is 12.1. The van der Waals surface area contributed by atoms with Gasteiger partial charge in [-0.15, -0.1) is 0 Å². The summed E-state index contributed by atoms with van der Waals surface area (Å²) in [5.41, 5.74) is 7.23. The summed E-state index contributed by atoms with van der Waals surface area (Å²) in [5, 5.41) is 0. The first-order valence-electron chi connectivity index (χ1n) is 6.85. The van der Waals surface area contributed by atoms with Crippen LogP contribution in [0.15, 0.2) is 18.2 Å². The van der Waals surface area contributed by atoms with Crippen molar-refractivity contribution in [3.05, 3.63) is 29.6 Å². The fraction of sp³-hybridized carbons (Fsp3) is 0.600. The van der Waals surface area contributed by atoms with Crippen LogP contribution in [0.3, 0.4) is 0 Å². The first kappa shape index (κ1) is 14.3. The monoisotopic (exact) mass is 265 g/mol. The van der Waals surface area contributed by atoms with Gasteiger partial charge in [-0.1, -0.05) is 6.07 Å². The number of likely N-dealkylation sites (N-methyl/N-ethyl adjacent to an activating group) is 2. The maximum atomic E-state index is 13.8. The normalized spacial score (nSPS) is 17.4. The van der Waals surface area contributed by atoms with Crippen LogP contribution >= 0.6 is 0 Å². The summed E-state index contributed by atoms with van der Waals surface area (Å²) < 4.78 is 13.8. The lowest BCUT2D eigenvalue weighted by Crippen LogP contribution is -2.56. The molecule has 0 spiro atoms. The zero-order chi connectivity index (χ0) is 14.0. The average molecular weight is 265 g/mol. The van der Waals surface area contributed by atoms with Gasteiger partial charge in [0.15, 0.2) is 0 Å². The van der Waals surface area contributed by atoms with Crippen LogP contribution in [0.5, 0.6) is 0 Å². The Morgan fingerprint density at radius 3 is 2.37 bits per heavy atom. The molecule has 3 nitrogen and oxygen atoms in total. The molecule has 1 aromatic carbocycles. The van der Waals surface area contributed by atoms with Crippen molar-refractivity contribution in [2.75, 3.05) is 32.6 Å². The SMILES string of the molecule is CN(CC1(N(C)C)CCC1)c1ccc(CN)c(F)c1. The minimum absolute atomic E-state index is 0.209. The third-order valence-electron chi connectivity index (χ3n) is 4.46. The van der Waals surface area contributed by atoms with Crippen LogP contribution in [0.2, 0.25) is 0 Å². The Morgan fingerprint density at radius 1 is 1.26 bits per heavy atom. The van der Waals surface area contributed by atoms with Crippen molar-refractivity contribution < 1.29 is 4.39 Å². The second-order valence-electron chi connectivity index (χ2n) is 5.81. The Bertz CT molecular complexity index is 441. The van der Waals surface area contributed by atoms with Crippen LogP contribution in [-0.4, -0.2) is 38.1 Å². The second-order valence-corrected chi connectivity index (χ2v) is 5.81. The number of halogens is 1. The molecule has 1 fully saturated rings. The molecule has 0 aliphatic heterocycles. The molecular formula is C15H24FN3. The Labute approximate surface area is 115 Å². The predicted octanol–water partition coefficient (Wildman–Crippen LogP) is 2.20. The number of hydrogen-bond acceptors (Lipinski definition) is 3. The highest BCUT2D eigenvalue weighted by molar-refractivity contribution is 5.48. The molecule has 4 heteroatoms. The van der Waals surface area contributed by atoms with E-state index in [1.54, 1.807) is 12.1 Å². The Morgan fingerprint density at radius 2 is 1.95 bits per heavy atom. The van der Waals surface area contributed by atoms with Crippen LogP contribution in [0.1, 0.15) is 24.8 Å². The van der Waals surface area contributed by atoms with Crippen LogP contribution in [0.4, 0.5) is 10.1 Å². The largest absolute Gasteiger partial charge is 0.373 e. The van der Waals surface area contributed by atoms with Crippen molar-refractivity contribution in [2.24, 2.45) is 5.73 Å². The molecular weight excluding hydrogens is 241 g/mol. The van der Waals surface area contributed by atoms with Gasteiger partial charge in [0.25, 0.3) is 0 Å². The van der Waals surface area contributed by atoms with E-state index >= 15 is 0 Å². The summed E-state index contributed by atoms with van der Waals surface area (Å²) >= 11 is 0. The molecule has 0 amide bonds. The lowest BCUT2D eigenvalue weighted by Gasteiger charge is -2.49. The summed E-state index contributed by atoms with van der Waals surface area (Å²) in [4.78, 5) is 4.44. The highest BCUT2D eigenvalue weighted by Crippen LogP contribution is 2.37. The first-order chi connectivity index (χ1) is 8.98. The minimum atomic E-state index is -0.209. The van der Waals surface area contributed by atoms with Gasteiger partial charge in [-0.25, -0.2) is 4.39 Å². The fourth-order valence-electron chi connectivity index (χ4n) is 2.80. The summed E-state index contributed by atoms with van der Waals surface area (Å²) in [7, 11) is 6.29. The maximum Gasteiger partial charge on any atom is 0.129 e. The lowest BCUT2D eigenvalue weighted by molar-refractivity contribution is 0.0683. The second kappa shape index (κ2) is 5.47. The number of anilines is 1. The summed E-state index contributed by atoms with van der Waals surface area (Å²) in [5.74, 6) is -0.209. The molecule has 106 valence electrons. The van der Waals surface area contributed by atoms with Crippen molar-refractivity contribution in [1.82, 2.24) is 4.90 Å². The Balaban J connectivity index is 2.11. The van der Waals surface area contributed by atoms with Crippen molar-refractivity contribution in [3.8, 4) is 0 Å². The highest BCUT2D eigenvalue weighted by Gasteiger charge is 2.39.